The number of benzene rings is 1. The summed E-state index contributed by atoms with van der Waals surface area (Å²) < 4.78 is 41.1. The second-order valence-corrected chi connectivity index (χ2v) is 6.27. The van der Waals surface area contributed by atoms with E-state index >= 15 is 0 Å². The Bertz CT molecular complexity index is 807. The first-order chi connectivity index (χ1) is 9.84. The summed E-state index contributed by atoms with van der Waals surface area (Å²) in [6, 6.07) is 7.90. The van der Waals surface area contributed by atoms with Gasteiger partial charge in [0.25, 0.3) is 0 Å². The Morgan fingerprint density at radius 3 is 2.62 bits per heavy atom. The van der Waals surface area contributed by atoms with Gasteiger partial charge >= 0.3 is 6.18 Å². The van der Waals surface area contributed by atoms with Crippen molar-refractivity contribution in [2.75, 3.05) is 5.73 Å². The Labute approximate surface area is 126 Å². The average molecular weight is 332 g/mol. The Kier molecular flexibility index (Phi) is 3.33. The number of anilines is 1. The minimum Gasteiger partial charge on any atom is -0.399 e. The largest absolute Gasteiger partial charge is 0.449 e. The highest BCUT2D eigenvalue weighted by Gasteiger charge is 2.37. The molecule has 2 aromatic heterocycles. The van der Waals surface area contributed by atoms with Gasteiger partial charge in [-0.15, -0.1) is 11.3 Å². The number of thiophene rings is 1. The molecule has 0 aliphatic heterocycles. The van der Waals surface area contributed by atoms with Crippen molar-refractivity contribution in [3.8, 4) is 0 Å². The molecular weight excluding hydrogens is 323 g/mol. The molecule has 0 atom stereocenters. The van der Waals surface area contributed by atoms with Gasteiger partial charge in [0, 0.05) is 10.6 Å². The number of hydrogen-bond donors (Lipinski definition) is 1. The second kappa shape index (κ2) is 4.92. The quantitative estimate of drug-likeness (QED) is 0.707. The molecule has 0 aliphatic rings. The SMILES string of the molecule is Nc1ccc2c(c1)nc(C(F)(F)F)n2Cc1ccc(Cl)s1. The van der Waals surface area contributed by atoms with Crippen molar-refractivity contribution in [1.29, 1.82) is 0 Å². The van der Waals surface area contributed by atoms with Crippen LogP contribution in [0.25, 0.3) is 11.0 Å². The molecule has 1 aromatic carbocycles. The Balaban J connectivity index is 2.17. The van der Waals surface area contributed by atoms with Gasteiger partial charge in [-0.2, -0.15) is 13.2 Å². The number of nitrogens with two attached hydrogens (primary N) is 1. The average Bonchev–Trinajstić information content (AvgIpc) is 2.93. The highest BCUT2D eigenvalue weighted by Crippen LogP contribution is 2.33. The molecule has 0 fully saturated rings. The molecule has 110 valence electrons. The van der Waals surface area contributed by atoms with Crippen molar-refractivity contribution in [3.05, 3.63) is 45.4 Å². The summed E-state index contributed by atoms with van der Waals surface area (Å²) in [6.45, 7) is 0.0622. The molecule has 3 nitrogen and oxygen atoms in total. The van der Waals surface area contributed by atoms with E-state index in [4.69, 9.17) is 17.3 Å². The molecule has 0 bridgehead atoms. The third-order valence-electron chi connectivity index (χ3n) is 2.97. The van der Waals surface area contributed by atoms with Crippen molar-refractivity contribution in [1.82, 2.24) is 9.55 Å². The van der Waals surface area contributed by atoms with Gasteiger partial charge < -0.3 is 10.3 Å². The molecule has 0 saturated carbocycles. The zero-order chi connectivity index (χ0) is 15.2. The van der Waals surface area contributed by atoms with Crippen molar-refractivity contribution in [2.24, 2.45) is 0 Å². The number of aromatic nitrogens is 2. The van der Waals surface area contributed by atoms with Crippen LogP contribution >= 0.6 is 22.9 Å². The number of hydrogen-bond acceptors (Lipinski definition) is 3. The molecule has 3 rings (SSSR count). The van der Waals surface area contributed by atoms with E-state index in [0.29, 0.717) is 15.5 Å². The number of nitrogens with zero attached hydrogens (tertiary/aromatic N) is 2. The van der Waals surface area contributed by atoms with Crippen LogP contribution in [-0.2, 0) is 12.7 Å². The lowest BCUT2D eigenvalue weighted by Gasteiger charge is -2.10. The lowest BCUT2D eigenvalue weighted by atomic mass is 10.3. The standard InChI is InChI=1S/C13H9ClF3N3S/c14-11-4-2-8(21-11)6-20-10-3-1-7(18)5-9(10)19-12(20)13(15,16)17/h1-5H,6,18H2. The Morgan fingerprint density at radius 2 is 2.00 bits per heavy atom. The normalized spacial score (nSPS) is 12.2. The van der Waals surface area contributed by atoms with E-state index in [9.17, 15) is 13.2 Å². The topological polar surface area (TPSA) is 43.8 Å². The van der Waals surface area contributed by atoms with Gasteiger partial charge in [0.2, 0.25) is 5.82 Å². The van der Waals surface area contributed by atoms with Gasteiger partial charge in [-0.3, -0.25) is 0 Å². The predicted molar refractivity (Wildman–Crippen MR) is 77.6 cm³/mol. The molecule has 2 heterocycles. The van der Waals surface area contributed by atoms with E-state index in [-0.39, 0.29) is 12.1 Å². The van der Waals surface area contributed by atoms with Gasteiger partial charge in [-0.25, -0.2) is 4.98 Å². The zero-order valence-corrected chi connectivity index (χ0v) is 12.1. The maximum atomic E-state index is 13.2. The Morgan fingerprint density at radius 1 is 1.24 bits per heavy atom. The smallest absolute Gasteiger partial charge is 0.399 e. The summed E-state index contributed by atoms with van der Waals surface area (Å²) in [5, 5.41) is 0. The van der Waals surface area contributed by atoms with Gasteiger partial charge in [0.1, 0.15) is 0 Å². The molecular formula is C13H9ClF3N3S. The van der Waals surface area contributed by atoms with Gasteiger partial charge in [-0.1, -0.05) is 11.6 Å². The van der Waals surface area contributed by atoms with Crippen molar-refractivity contribution in [2.45, 2.75) is 12.7 Å². The van der Waals surface area contributed by atoms with Crippen LogP contribution < -0.4 is 5.73 Å². The number of imidazole rings is 1. The fraction of sp³-hybridized carbons (Fsp3) is 0.154. The lowest BCUT2D eigenvalue weighted by Crippen LogP contribution is -2.15. The molecule has 21 heavy (non-hydrogen) atoms. The number of rotatable bonds is 2. The summed E-state index contributed by atoms with van der Waals surface area (Å²) in [5.41, 5.74) is 6.59. The van der Waals surface area contributed by atoms with Gasteiger partial charge in [0.05, 0.1) is 21.9 Å². The first-order valence-corrected chi connectivity index (χ1v) is 7.11. The third-order valence-corrected chi connectivity index (χ3v) is 4.18. The van der Waals surface area contributed by atoms with Crippen LogP contribution in [0.1, 0.15) is 10.7 Å². The lowest BCUT2D eigenvalue weighted by molar-refractivity contribution is -0.146. The van der Waals surface area contributed by atoms with Crippen LogP contribution in [0.4, 0.5) is 18.9 Å². The first-order valence-electron chi connectivity index (χ1n) is 5.92. The van der Waals surface area contributed by atoms with Crippen molar-refractivity contribution in [3.63, 3.8) is 0 Å². The predicted octanol–water partition coefficient (Wildman–Crippen LogP) is 4.40. The molecule has 0 amide bonds. The fourth-order valence-electron chi connectivity index (χ4n) is 2.12. The van der Waals surface area contributed by atoms with Crippen molar-refractivity contribution < 1.29 is 13.2 Å². The summed E-state index contributed by atoms with van der Waals surface area (Å²) in [4.78, 5) is 4.40. The monoisotopic (exact) mass is 331 g/mol. The second-order valence-electron chi connectivity index (χ2n) is 4.47. The maximum absolute atomic E-state index is 13.2. The van der Waals surface area contributed by atoms with Crippen LogP contribution in [0.15, 0.2) is 30.3 Å². The first kappa shape index (κ1) is 14.2. The summed E-state index contributed by atoms with van der Waals surface area (Å²) in [7, 11) is 0. The number of halogens is 4. The summed E-state index contributed by atoms with van der Waals surface area (Å²) in [6.07, 6.45) is -4.53. The van der Waals surface area contributed by atoms with Crippen molar-refractivity contribution >= 4 is 39.7 Å². The van der Waals surface area contributed by atoms with E-state index in [1.54, 1.807) is 24.3 Å². The highest BCUT2D eigenvalue weighted by molar-refractivity contribution is 7.16. The van der Waals surface area contributed by atoms with E-state index in [1.165, 1.54) is 17.4 Å². The van der Waals surface area contributed by atoms with Crippen LogP contribution in [0, 0.1) is 0 Å². The van der Waals surface area contributed by atoms with Crippen LogP contribution in [0.5, 0.6) is 0 Å². The van der Waals surface area contributed by atoms with Crippen LogP contribution in [0.3, 0.4) is 0 Å². The molecule has 0 saturated heterocycles. The minimum atomic E-state index is -4.53. The van der Waals surface area contributed by atoms with Crippen LogP contribution in [-0.4, -0.2) is 9.55 Å². The molecule has 0 aliphatic carbocycles. The van der Waals surface area contributed by atoms with Crippen LogP contribution in [0.2, 0.25) is 4.34 Å². The van der Waals surface area contributed by atoms with E-state index in [1.807, 2.05) is 0 Å². The molecule has 0 unspecified atom stereocenters. The molecule has 2 N–H and O–H groups in total. The van der Waals surface area contributed by atoms with E-state index in [2.05, 4.69) is 4.98 Å². The summed E-state index contributed by atoms with van der Waals surface area (Å²) in [5.74, 6) is -0.937. The zero-order valence-electron chi connectivity index (χ0n) is 10.5. The molecule has 8 heteroatoms. The number of fused-ring (bicyclic) bond motifs is 1. The molecule has 0 spiro atoms. The fourth-order valence-corrected chi connectivity index (χ4v) is 3.19. The van der Waals surface area contributed by atoms with Gasteiger partial charge in [0.15, 0.2) is 0 Å². The van der Waals surface area contributed by atoms with E-state index < -0.39 is 12.0 Å². The van der Waals surface area contributed by atoms with E-state index in [0.717, 1.165) is 9.44 Å². The minimum absolute atomic E-state index is 0.0622. The summed E-state index contributed by atoms with van der Waals surface area (Å²) >= 11 is 7.07. The maximum Gasteiger partial charge on any atom is 0.449 e. The highest BCUT2D eigenvalue weighted by atomic mass is 35.5. The van der Waals surface area contributed by atoms with Gasteiger partial charge in [-0.05, 0) is 30.3 Å². The molecule has 0 radical (unpaired) electrons. The third kappa shape index (κ3) is 2.71. The number of nitrogen functional groups attached to an aromatic ring is 1. The number of alkyl halides is 3. The Hall–Kier alpha value is -1.73. The molecule has 3 aromatic rings.